The molecule has 8 heteroatoms. The average Bonchev–Trinajstić information content (AvgIpc) is 3.31. The number of rotatable bonds is 5. The van der Waals surface area contributed by atoms with Gasteiger partial charge in [0, 0.05) is 29.1 Å². The molecule has 0 radical (unpaired) electrons. The number of carbonyl (C=O) groups excluding carboxylic acids is 1. The van der Waals surface area contributed by atoms with E-state index in [0.717, 1.165) is 16.0 Å². The number of nitrogens with zero attached hydrogens (tertiary/aromatic N) is 2. The molecule has 30 heavy (non-hydrogen) atoms. The molecule has 1 aromatic heterocycles. The lowest BCUT2D eigenvalue weighted by molar-refractivity contribution is -0.384. The highest BCUT2D eigenvalue weighted by atomic mass is 32.1. The largest absolute Gasteiger partial charge is 0.493 e. The van der Waals surface area contributed by atoms with Crippen molar-refractivity contribution >= 4 is 22.9 Å². The number of thiophene rings is 1. The lowest BCUT2D eigenvalue weighted by atomic mass is 9.90. The fourth-order valence-corrected chi connectivity index (χ4v) is 4.66. The van der Waals surface area contributed by atoms with E-state index in [1.165, 1.54) is 24.3 Å². The second kappa shape index (κ2) is 8.16. The molecule has 1 amide bonds. The van der Waals surface area contributed by atoms with Gasteiger partial charge in [-0.2, -0.15) is 0 Å². The zero-order chi connectivity index (χ0) is 21.3. The monoisotopic (exact) mass is 424 g/mol. The minimum Gasteiger partial charge on any atom is -0.493 e. The van der Waals surface area contributed by atoms with Crippen molar-refractivity contribution in [3.05, 3.63) is 85.6 Å². The second-order valence-electron chi connectivity index (χ2n) is 6.88. The minimum atomic E-state index is -0.473. The van der Waals surface area contributed by atoms with E-state index < -0.39 is 4.92 Å². The average molecular weight is 424 g/mol. The molecular formula is C22H20N2O5S. The van der Waals surface area contributed by atoms with Gasteiger partial charge in [-0.25, -0.2) is 0 Å². The fourth-order valence-electron chi connectivity index (χ4n) is 3.81. The Bertz CT molecular complexity index is 1080. The first-order valence-electron chi connectivity index (χ1n) is 9.37. The quantitative estimate of drug-likeness (QED) is 0.446. The summed E-state index contributed by atoms with van der Waals surface area (Å²) in [5.74, 6) is 1.11. The van der Waals surface area contributed by atoms with Crippen LogP contribution < -0.4 is 9.47 Å². The van der Waals surface area contributed by atoms with E-state index in [-0.39, 0.29) is 17.6 Å². The molecule has 4 rings (SSSR count). The van der Waals surface area contributed by atoms with Gasteiger partial charge in [-0.1, -0.05) is 6.07 Å². The summed E-state index contributed by atoms with van der Waals surface area (Å²) in [5, 5.41) is 12.9. The number of methoxy groups -OCH3 is 2. The molecule has 154 valence electrons. The van der Waals surface area contributed by atoms with Crippen molar-refractivity contribution in [3.8, 4) is 11.5 Å². The highest BCUT2D eigenvalue weighted by Gasteiger charge is 2.34. The summed E-state index contributed by atoms with van der Waals surface area (Å²) in [4.78, 5) is 26.7. The van der Waals surface area contributed by atoms with Crippen molar-refractivity contribution in [2.24, 2.45) is 0 Å². The third kappa shape index (κ3) is 3.50. The van der Waals surface area contributed by atoms with Crippen LogP contribution in [-0.2, 0) is 6.42 Å². The summed E-state index contributed by atoms with van der Waals surface area (Å²) in [7, 11) is 3.20. The Balaban J connectivity index is 1.77. The Morgan fingerprint density at radius 1 is 1.13 bits per heavy atom. The molecule has 2 heterocycles. The lowest BCUT2D eigenvalue weighted by Gasteiger charge is -2.37. The van der Waals surface area contributed by atoms with Crippen LogP contribution in [0.1, 0.15) is 32.4 Å². The summed E-state index contributed by atoms with van der Waals surface area (Å²) in [6, 6.07) is 13.4. The van der Waals surface area contributed by atoms with Crippen molar-refractivity contribution < 1.29 is 19.2 Å². The molecule has 7 nitrogen and oxygen atoms in total. The standard InChI is InChI=1S/C22H20N2O5S/c1-28-18-12-15-9-10-23(22(25)14-5-7-16(8-6-14)24(26)27)21(20-4-3-11-30-20)17(15)13-19(18)29-2/h3-8,11-13,21H,9-10H2,1-2H3. The predicted molar refractivity (Wildman–Crippen MR) is 114 cm³/mol. The number of carbonyl (C=O) groups is 1. The van der Waals surface area contributed by atoms with Crippen molar-refractivity contribution in [1.82, 2.24) is 4.90 Å². The van der Waals surface area contributed by atoms with Crippen molar-refractivity contribution in [2.75, 3.05) is 20.8 Å². The molecule has 0 aliphatic carbocycles. The van der Waals surface area contributed by atoms with E-state index in [9.17, 15) is 14.9 Å². The number of hydrogen-bond donors (Lipinski definition) is 0. The van der Waals surface area contributed by atoms with E-state index in [1.807, 2.05) is 34.5 Å². The van der Waals surface area contributed by atoms with Crippen LogP contribution in [0.2, 0.25) is 0 Å². The molecular weight excluding hydrogens is 404 g/mol. The lowest BCUT2D eigenvalue weighted by Crippen LogP contribution is -2.40. The molecule has 1 aliphatic heterocycles. The first-order valence-corrected chi connectivity index (χ1v) is 10.2. The third-order valence-electron chi connectivity index (χ3n) is 5.27. The number of benzene rings is 2. The van der Waals surface area contributed by atoms with E-state index in [4.69, 9.17) is 9.47 Å². The predicted octanol–water partition coefficient (Wildman–Crippen LogP) is 4.46. The van der Waals surface area contributed by atoms with Gasteiger partial charge in [-0.05, 0) is 53.3 Å². The number of amides is 1. The summed E-state index contributed by atoms with van der Waals surface area (Å²) < 4.78 is 10.9. The van der Waals surface area contributed by atoms with Gasteiger partial charge in [0.15, 0.2) is 11.5 Å². The molecule has 0 fully saturated rings. The molecule has 0 bridgehead atoms. The van der Waals surface area contributed by atoms with Crippen LogP contribution in [0.3, 0.4) is 0 Å². The van der Waals surface area contributed by atoms with Gasteiger partial charge >= 0.3 is 0 Å². The van der Waals surface area contributed by atoms with E-state index in [1.54, 1.807) is 25.6 Å². The number of hydrogen-bond acceptors (Lipinski definition) is 6. The maximum atomic E-state index is 13.4. The zero-order valence-corrected chi connectivity index (χ0v) is 17.3. The van der Waals surface area contributed by atoms with Crippen LogP contribution in [0.4, 0.5) is 5.69 Å². The van der Waals surface area contributed by atoms with Crippen LogP contribution in [0, 0.1) is 10.1 Å². The van der Waals surface area contributed by atoms with Gasteiger partial charge < -0.3 is 14.4 Å². The Hall–Kier alpha value is -3.39. The number of non-ortho nitro benzene ring substituents is 1. The Morgan fingerprint density at radius 3 is 2.43 bits per heavy atom. The number of fused-ring (bicyclic) bond motifs is 1. The SMILES string of the molecule is COc1cc2c(cc1OC)C(c1cccs1)N(C(=O)c1ccc([N+](=O)[O-])cc1)CC2. The highest BCUT2D eigenvalue weighted by molar-refractivity contribution is 7.10. The molecule has 0 saturated heterocycles. The van der Waals surface area contributed by atoms with E-state index in [0.29, 0.717) is 30.0 Å². The smallest absolute Gasteiger partial charge is 0.269 e. The third-order valence-corrected chi connectivity index (χ3v) is 6.20. The summed E-state index contributed by atoms with van der Waals surface area (Å²) in [5.41, 5.74) is 2.49. The van der Waals surface area contributed by atoms with Crippen LogP contribution in [0.15, 0.2) is 53.9 Å². The van der Waals surface area contributed by atoms with Crippen LogP contribution in [0.5, 0.6) is 11.5 Å². The minimum absolute atomic E-state index is 0.0397. The van der Waals surface area contributed by atoms with Gasteiger partial charge in [0.05, 0.1) is 25.2 Å². The number of nitro groups is 1. The summed E-state index contributed by atoms with van der Waals surface area (Å²) in [6.07, 6.45) is 0.677. The van der Waals surface area contributed by atoms with Gasteiger partial charge in [0.25, 0.3) is 11.6 Å². The molecule has 2 aromatic carbocycles. The Morgan fingerprint density at radius 2 is 1.83 bits per heavy atom. The van der Waals surface area contributed by atoms with Crippen LogP contribution >= 0.6 is 11.3 Å². The van der Waals surface area contributed by atoms with E-state index >= 15 is 0 Å². The molecule has 0 N–H and O–H groups in total. The van der Waals surface area contributed by atoms with Gasteiger partial charge in [-0.15, -0.1) is 11.3 Å². The van der Waals surface area contributed by atoms with Crippen LogP contribution in [-0.4, -0.2) is 36.5 Å². The topological polar surface area (TPSA) is 81.9 Å². The Labute approximate surface area is 177 Å². The van der Waals surface area contributed by atoms with Gasteiger partial charge in [-0.3, -0.25) is 14.9 Å². The zero-order valence-electron chi connectivity index (χ0n) is 16.5. The molecule has 0 saturated carbocycles. The van der Waals surface area contributed by atoms with Crippen LogP contribution in [0.25, 0.3) is 0 Å². The molecule has 1 aliphatic rings. The van der Waals surface area contributed by atoms with Gasteiger partial charge in [0.1, 0.15) is 0 Å². The van der Waals surface area contributed by atoms with Crippen molar-refractivity contribution in [1.29, 1.82) is 0 Å². The second-order valence-corrected chi connectivity index (χ2v) is 7.86. The maximum Gasteiger partial charge on any atom is 0.269 e. The first-order chi connectivity index (χ1) is 14.5. The first kappa shape index (κ1) is 19.9. The Kier molecular flexibility index (Phi) is 5.41. The van der Waals surface area contributed by atoms with Crippen molar-refractivity contribution in [2.45, 2.75) is 12.5 Å². The summed E-state index contributed by atoms with van der Waals surface area (Å²) in [6.45, 7) is 0.529. The highest BCUT2D eigenvalue weighted by Crippen LogP contribution is 2.42. The van der Waals surface area contributed by atoms with Gasteiger partial charge in [0.2, 0.25) is 0 Å². The molecule has 0 spiro atoms. The maximum absolute atomic E-state index is 13.4. The normalized spacial score (nSPS) is 15.4. The fraction of sp³-hybridized carbons (Fsp3) is 0.227. The molecule has 1 unspecified atom stereocenters. The number of nitro benzene ring substituents is 1. The molecule has 3 aromatic rings. The van der Waals surface area contributed by atoms with Crippen molar-refractivity contribution in [3.63, 3.8) is 0 Å². The molecule has 1 atom stereocenters. The summed E-state index contributed by atoms with van der Waals surface area (Å²) >= 11 is 1.58. The van der Waals surface area contributed by atoms with E-state index in [2.05, 4.69) is 0 Å². The number of ether oxygens (including phenoxy) is 2.